The molecule has 0 saturated carbocycles. The molecule has 0 bridgehead atoms. The van der Waals surface area contributed by atoms with Crippen molar-refractivity contribution in [2.45, 2.75) is 38.3 Å². The second-order valence-corrected chi connectivity index (χ2v) is 7.93. The molecule has 2 aliphatic rings. The molecule has 2 fully saturated rings. The van der Waals surface area contributed by atoms with E-state index in [1.807, 2.05) is 37.4 Å². The molecule has 5 heteroatoms. The number of carbonyl (C=O) groups is 1. The van der Waals surface area contributed by atoms with Crippen LogP contribution in [0.3, 0.4) is 0 Å². The molecule has 0 aliphatic carbocycles. The maximum Gasteiger partial charge on any atom is 0.257 e. The number of rotatable bonds is 7. The highest BCUT2D eigenvalue weighted by atomic mass is 16.5. The van der Waals surface area contributed by atoms with Gasteiger partial charge in [0, 0.05) is 39.0 Å². The lowest BCUT2D eigenvalue weighted by molar-refractivity contribution is 0.0656. The van der Waals surface area contributed by atoms with E-state index in [4.69, 9.17) is 9.47 Å². The van der Waals surface area contributed by atoms with E-state index in [2.05, 4.69) is 23.1 Å². The van der Waals surface area contributed by atoms with Gasteiger partial charge in [0.1, 0.15) is 12.4 Å². The Morgan fingerprint density at radius 2 is 1.86 bits per heavy atom. The van der Waals surface area contributed by atoms with Crippen molar-refractivity contribution >= 4 is 11.6 Å². The molecule has 29 heavy (non-hydrogen) atoms. The lowest BCUT2D eigenvalue weighted by atomic mass is 10.1. The summed E-state index contributed by atoms with van der Waals surface area (Å²) in [6.07, 6.45) is 4.69. The molecule has 2 aromatic carbocycles. The molecule has 2 aromatic rings. The molecule has 1 amide bonds. The van der Waals surface area contributed by atoms with Crippen LogP contribution >= 0.6 is 0 Å². The van der Waals surface area contributed by atoms with Crippen LogP contribution in [-0.2, 0) is 11.3 Å². The highest BCUT2D eigenvalue weighted by Crippen LogP contribution is 2.27. The summed E-state index contributed by atoms with van der Waals surface area (Å²) in [5, 5.41) is 0. The summed E-state index contributed by atoms with van der Waals surface area (Å²) in [6, 6.07) is 15.9. The summed E-state index contributed by atoms with van der Waals surface area (Å²) in [7, 11) is 1.86. The van der Waals surface area contributed by atoms with Crippen LogP contribution < -0.4 is 9.64 Å². The normalized spacial score (nSPS) is 18.8. The zero-order valence-corrected chi connectivity index (χ0v) is 17.2. The van der Waals surface area contributed by atoms with E-state index < -0.39 is 0 Å². The first kappa shape index (κ1) is 19.8. The Hall–Kier alpha value is -2.53. The van der Waals surface area contributed by atoms with Gasteiger partial charge in [-0.05, 0) is 49.4 Å². The topological polar surface area (TPSA) is 42.0 Å². The average Bonchev–Trinajstić information content (AvgIpc) is 3.46. The number of benzene rings is 2. The third-order valence-electron chi connectivity index (χ3n) is 5.76. The molecule has 154 valence electrons. The molecule has 0 spiro atoms. The number of hydrogen-bond donors (Lipinski definition) is 0. The Labute approximate surface area is 173 Å². The SMILES string of the molecule is CN(Cc1ccccc1N1CCCC1)C(=O)c1ccccc1OCC1CCCO1. The molecule has 0 radical (unpaired) electrons. The van der Waals surface area contributed by atoms with E-state index in [1.165, 1.54) is 24.1 Å². The smallest absolute Gasteiger partial charge is 0.257 e. The summed E-state index contributed by atoms with van der Waals surface area (Å²) < 4.78 is 11.6. The van der Waals surface area contributed by atoms with Crippen molar-refractivity contribution < 1.29 is 14.3 Å². The van der Waals surface area contributed by atoms with Crippen LogP contribution in [0.2, 0.25) is 0 Å². The first-order valence-corrected chi connectivity index (χ1v) is 10.6. The van der Waals surface area contributed by atoms with Gasteiger partial charge in [-0.15, -0.1) is 0 Å². The monoisotopic (exact) mass is 394 g/mol. The van der Waals surface area contributed by atoms with Crippen molar-refractivity contribution in [2.24, 2.45) is 0 Å². The number of carbonyl (C=O) groups excluding carboxylic acids is 1. The summed E-state index contributed by atoms with van der Waals surface area (Å²) in [5.74, 6) is 0.608. The Balaban J connectivity index is 1.46. The number of hydrogen-bond acceptors (Lipinski definition) is 4. The first-order chi connectivity index (χ1) is 14.2. The van der Waals surface area contributed by atoms with Crippen LogP contribution in [-0.4, -0.2) is 50.3 Å². The van der Waals surface area contributed by atoms with Crippen LogP contribution in [0.15, 0.2) is 48.5 Å². The quantitative estimate of drug-likeness (QED) is 0.709. The molecule has 1 unspecified atom stereocenters. The molecule has 4 rings (SSSR count). The third kappa shape index (κ3) is 4.73. The lowest BCUT2D eigenvalue weighted by Crippen LogP contribution is -2.28. The molecule has 2 heterocycles. The summed E-state index contributed by atoms with van der Waals surface area (Å²) in [4.78, 5) is 17.4. The zero-order chi connectivity index (χ0) is 20.1. The van der Waals surface area contributed by atoms with Gasteiger partial charge in [0.05, 0.1) is 11.7 Å². The lowest BCUT2D eigenvalue weighted by Gasteiger charge is -2.25. The minimum absolute atomic E-state index is 0.0239. The Morgan fingerprint density at radius 1 is 1.10 bits per heavy atom. The molecular formula is C24H30N2O3. The number of nitrogens with zero attached hydrogens (tertiary/aromatic N) is 2. The minimum Gasteiger partial charge on any atom is -0.490 e. The van der Waals surface area contributed by atoms with Crippen molar-refractivity contribution in [2.75, 3.05) is 38.3 Å². The Morgan fingerprint density at radius 3 is 2.66 bits per heavy atom. The van der Waals surface area contributed by atoms with E-state index in [0.717, 1.165) is 32.5 Å². The van der Waals surface area contributed by atoms with Gasteiger partial charge < -0.3 is 19.3 Å². The Bertz CT molecular complexity index is 826. The molecular weight excluding hydrogens is 364 g/mol. The van der Waals surface area contributed by atoms with Crippen molar-refractivity contribution in [1.29, 1.82) is 0 Å². The zero-order valence-electron chi connectivity index (χ0n) is 17.2. The second-order valence-electron chi connectivity index (χ2n) is 7.93. The highest BCUT2D eigenvalue weighted by molar-refractivity contribution is 5.96. The van der Waals surface area contributed by atoms with E-state index in [-0.39, 0.29) is 12.0 Å². The van der Waals surface area contributed by atoms with Gasteiger partial charge in [-0.1, -0.05) is 30.3 Å². The van der Waals surface area contributed by atoms with Crippen LogP contribution in [0.4, 0.5) is 5.69 Å². The molecule has 2 aliphatic heterocycles. The van der Waals surface area contributed by atoms with Crippen molar-refractivity contribution in [3.8, 4) is 5.75 Å². The van der Waals surface area contributed by atoms with E-state index in [0.29, 0.717) is 24.5 Å². The van der Waals surface area contributed by atoms with Gasteiger partial charge >= 0.3 is 0 Å². The van der Waals surface area contributed by atoms with Crippen LogP contribution in [0.1, 0.15) is 41.6 Å². The molecule has 0 aromatic heterocycles. The second kappa shape index (κ2) is 9.31. The van der Waals surface area contributed by atoms with E-state index in [1.54, 1.807) is 4.90 Å². The molecule has 0 N–H and O–H groups in total. The van der Waals surface area contributed by atoms with Crippen LogP contribution in [0.5, 0.6) is 5.75 Å². The van der Waals surface area contributed by atoms with Gasteiger partial charge in [-0.3, -0.25) is 4.79 Å². The first-order valence-electron chi connectivity index (χ1n) is 10.6. The summed E-state index contributed by atoms with van der Waals surface area (Å²) in [5.41, 5.74) is 3.03. The predicted octanol–water partition coefficient (Wildman–Crippen LogP) is 4.12. The summed E-state index contributed by atoms with van der Waals surface area (Å²) in [6.45, 7) is 4.05. The van der Waals surface area contributed by atoms with Crippen molar-refractivity contribution in [3.05, 3.63) is 59.7 Å². The van der Waals surface area contributed by atoms with Crippen LogP contribution in [0.25, 0.3) is 0 Å². The molecule has 1 atom stereocenters. The fourth-order valence-electron chi connectivity index (χ4n) is 4.17. The molecule has 2 saturated heterocycles. The van der Waals surface area contributed by atoms with Gasteiger partial charge in [-0.2, -0.15) is 0 Å². The van der Waals surface area contributed by atoms with Gasteiger partial charge in [0.2, 0.25) is 0 Å². The van der Waals surface area contributed by atoms with Gasteiger partial charge in [-0.25, -0.2) is 0 Å². The van der Waals surface area contributed by atoms with E-state index >= 15 is 0 Å². The third-order valence-corrected chi connectivity index (χ3v) is 5.76. The minimum atomic E-state index is -0.0239. The number of amides is 1. The largest absolute Gasteiger partial charge is 0.490 e. The maximum atomic E-state index is 13.2. The molecule has 5 nitrogen and oxygen atoms in total. The van der Waals surface area contributed by atoms with Crippen molar-refractivity contribution in [3.63, 3.8) is 0 Å². The van der Waals surface area contributed by atoms with Gasteiger partial charge in [0.15, 0.2) is 0 Å². The standard InChI is InChI=1S/C24H30N2O3/c1-25(17-19-9-2-4-12-22(19)26-14-6-7-15-26)24(27)21-11-3-5-13-23(21)29-18-20-10-8-16-28-20/h2-5,9,11-13,20H,6-8,10,14-18H2,1H3. The van der Waals surface area contributed by atoms with Crippen molar-refractivity contribution in [1.82, 2.24) is 4.90 Å². The average molecular weight is 395 g/mol. The summed E-state index contributed by atoms with van der Waals surface area (Å²) >= 11 is 0. The van der Waals surface area contributed by atoms with E-state index in [9.17, 15) is 4.79 Å². The number of para-hydroxylation sites is 2. The Kier molecular flexibility index (Phi) is 6.35. The van der Waals surface area contributed by atoms with Crippen LogP contribution in [0, 0.1) is 0 Å². The fourth-order valence-corrected chi connectivity index (χ4v) is 4.17. The number of anilines is 1. The predicted molar refractivity (Wildman–Crippen MR) is 115 cm³/mol. The van der Waals surface area contributed by atoms with Gasteiger partial charge in [0.25, 0.3) is 5.91 Å². The highest BCUT2D eigenvalue weighted by Gasteiger charge is 2.22. The fraction of sp³-hybridized carbons (Fsp3) is 0.458. The number of ether oxygens (including phenoxy) is 2. The maximum absolute atomic E-state index is 13.2.